The number of rotatable bonds is 5. The van der Waals surface area contributed by atoms with Crippen molar-refractivity contribution in [2.75, 3.05) is 0 Å². The average Bonchev–Trinajstić information content (AvgIpc) is 1.98. The summed E-state index contributed by atoms with van der Waals surface area (Å²) in [5, 5.41) is 3.63. The van der Waals surface area contributed by atoms with Gasteiger partial charge in [0.1, 0.15) is 0 Å². The molecule has 0 aliphatic heterocycles. The largest absolute Gasteiger partial charge is 0.311 e. The summed E-state index contributed by atoms with van der Waals surface area (Å²) in [5.41, 5.74) is 0. The lowest BCUT2D eigenvalue weighted by Crippen LogP contribution is -2.42. The Kier molecular flexibility index (Phi) is 5.56. The molecule has 2 unspecified atom stereocenters. The summed E-state index contributed by atoms with van der Waals surface area (Å²) >= 11 is 0. The maximum atomic E-state index is 3.63. The Bertz CT molecular complexity index is 108. The first kappa shape index (κ1) is 12.0. The molecule has 0 saturated heterocycles. The van der Waals surface area contributed by atoms with Crippen LogP contribution in [0.15, 0.2) is 0 Å². The van der Waals surface area contributed by atoms with E-state index in [1.54, 1.807) is 0 Å². The predicted octanol–water partition coefficient (Wildman–Crippen LogP) is 3.06. The minimum Gasteiger partial charge on any atom is -0.311 e. The van der Waals surface area contributed by atoms with Crippen molar-refractivity contribution in [3.63, 3.8) is 0 Å². The molecule has 0 bridgehead atoms. The molecule has 0 aliphatic carbocycles. The lowest BCUT2D eigenvalue weighted by molar-refractivity contribution is 0.275. The molecule has 0 radical (unpaired) electrons. The summed E-state index contributed by atoms with van der Waals surface area (Å²) in [5.74, 6) is 1.52. The highest BCUT2D eigenvalue weighted by Crippen LogP contribution is 2.16. The van der Waals surface area contributed by atoms with Gasteiger partial charge in [-0.15, -0.1) is 0 Å². The molecule has 0 spiro atoms. The van der Waals surface area contributed by atoms with Gasteiger partial charge in [0.05, 0.1) is 0 Å². The number of hydrogen-bond acceptors (Lipinski definition) is 1. The van der Waals surface area contributed by atoms with Crippen molar-refractivity contribution >= 4 is 0 Å². The van der Waals surface area contributed by atoms with E-state index in [1.807, 2.05) is 0 Å². The fourth-order valence-corrected chi connectivity index (χ4v) is 1.65. The molecule has 1 heteroatoms. The summed E-state index contributed by atoms with van der Waals surface area (Å²) in [6, 6.07) is 1.28. The zero-order valence-corrected chi connectivity index (χ0v) is 9.52. The van der Waals surface area contributed by atoms with Gasteiger partial charge in [0.2, 0.25) is 0 Å². The number of hydrogen-bond donors (Lipinski definition) is 1. The zero-order valence-electron chi connectivity index (χ0n) is 9.52. The fourth-order valence-electron chi connectivity index (χ4n) is 1.65. The predicted molar refractivity (Wildman–Crippen MR) is 56.4 cm³/mol. The fraction of sp³-hybridized carbons (Fsp3) is 1.00. The third kappa shape index (κ3) is 4.10. The van der Waals surface area contributed by atoms with Crippen LogP contribution in [-0.2, 0) is 0 Å². The summed E-state index contributed by atoms with van der Waals surface area (Å²) in [6.07, 6.45) is 1.27. The van der Waals surface area contributed by atoms with Gasteiger partial charge in [0.25, 0.3) is 0 Å². The van der Waals surface area contributed by atoms with Gasteiger partial charge < -0.3 is 5.32 Å². The second kappa shape index (κ2) is 5.58. The van der Waals surface area contributed by atoms with Crippen LogP contribution in [0.25, 0.3) is 0 Å². The van der Waals surface area contributed by atoms with Crippen LogP contribution in [0, 0.1) is 11.8 Å². The maximum absolute atomic E-state index is 3.63. The molecule has 0 heterocycles. The van der Waals surface area contributed by atoms with Crippen molar-refractivity contribution in [1.29, 1.82) is 0 Å². The maximum Gasteiger partial charge on any atom is 0.0118 e. The first-order valence-corrected chi connectivity index (χ1v) is 5.25. The molecular weight excluding hydrogens is 146 g/mol. The molecule has 0 aromatic carbocycles. The molecule has 0 fully saturated rings. The van der Waals surface area contributed by atoms with Crippen LogP contribution < -0.4 is 5.32 Å². The second-order valence-electron chi connectivity index (χ2n) is 4.48. The van der Waals surface area contributed by atoms with E-state index in [2.05, 4.69) is 46.9 Å². The summed E-state index contributed by atoms with van der Waals surface area (Å²) in [7, 11) is 0. The molecule has 0 aromatic rings. The molecule has 12 heavy (non-hydrogen) atoms. The van der Waals surface area contributed by atoms with Gasteiger partial charge >= 0.3 is 0 Å². The molecule has 2 atom stereocenters. The van der Waals surface area contributed by atoms with Gasteiger partial charge in [-0.05, 0) is 11.8 Å². The van der Waals surface area contributed by atoms with Gasteiger partial charge in [-0.3, -0.25) is 0 Å². The highest BCUT2D eigenvalue weighted by atomic mass is 14.9. The minimum absolute atomic E-state index is 0.603. The van der Waals surface area contributed by atoms with Crippen LogP contribution in [-0.4, -0.2) is 12.1 Å². The van der Waals surface area contributed by atoms with Crippen molar-refractivity contribution in [3.05, 3.63) is 0 Å². The van der Waals surface area contributed by atoms with E-state index in [0.717, 1.165) is 11.8 Å². The van der Waals surface area contributed by atoms with Crippen molar-refractivity contribution in [1.82, 2.24) is 5.32 Å². The van der Waals surface area contributed by atoms with Gasteiger partial charge in [0, 0.05) is 12.1 Å². The topological polar surface area (TPSA) is 12.0 Å². The second-order valence-corrected chi connectivity index (χ2v) is 4.48. The van der Waals surface area contributed by atoms with Crippen molar-refractivity contribution in [2.24, 2.45) is 11.8 Å². The summed E-state index contributed by atoms with van der Waals surface area (Å²) in [4.78, 5) is 0. The lowest BCUT2D eigenvalue weighted by Gasteiger charge is -2.29. The Hall–Kier alpha value is -0.0400. The third-order valence-corrected chi connectivity index (χ3v) is 2.50. The SMILES string of the molecule is CCC(C)C(NC(C)C)C(C)C. The molecular formula is C11H25N. The van der Waals surface area contributed by atoms with Gasteiger partial charge in [-0.1, -0.05) is 48.0 Å². The molecule has 0 rings (SSSR count). The van der Waals surface area contributed by atoms with Crippen LogP contribution in [0.2, 0.25) is 0 Å². The molecule has 0 aliphatic rings. The van der Waals surface area contributed by atoms with Crippen LogP contribution in [0.1, 0.15) is 48.0 Å². The Morgan fingerprint density at radius 2 is 1.50 bits per heavy atom. The molecule has 0 aromatic heterocycles. The quantitative estimate of drug-likeness (QED) is 0.670. The summed E-state index contributed by atoms with van der Waals surface area (Å²) < 4.78 is 0. The normalized spacial score (nSPS) is 17.0. The zero-order chi connectivity index (χ0) is 9.72. The lowest BCUT2D eigenvalue weighted by atomic mass is 9.89. The smallest absolute Gasteiger partial charge is 0.0118 e. The van der Waals surface area contributed by atoms with Crippen LogP contribution in [0.4, 0.5) is 0 Å². The van der Waals surface area contributed by atoms with E-state index in [9.17, 15) is 0 Å². The van der Waals surface area contributed by atoms with Crippen LogP contribution in [0.3, 0.4) is 0 Å². The van der Waals surface area contributed by atoms with E-state index >= 15 is 0 Å². The molecule has 74 valence electrons. The average molecular weight is 171 g/mol. The standard InChI is InChI=1S/C11H25N/c1-7-10(6)11(8(2)3)12-9(4)5/h8-12H,7H2,1-6H3. The van der Waals surface area contributed by atoms with E-state index in [0.29, 0.717) is 12.1 Å². The molecule has 1 N–H and O–H groups in total. The van der Waals surface area contributed by atoms with Gasteiger partial charge in [-0.25, -0.2) is 0 Å². The Labute approximate surface area is 77.9 Å². The highest BCUT2D eigenvalue weighted by Gasteiger charge is 2.19. The highest BCUT2D eigenvalue weighted by molar-refractivity contribution is 4.77. The molecule has 1 nitrogen and oxygen atoms in total. The van der Waals surface area contributed by atoms with E-state index in [4.69, 9.17) is 0 Å². The number of nitrogens with one attached hydrogen (secondary N) is 1. The Morgan fingerprint density at radius 3 is 1.75 bits per heavy atom. The van der Waals surface area contributed by atoms with Crippen molar-refractivity contribution < 1.29 is 0 Å². The van der Waals surface area contributed by atoms with E-state index < -0.39 is 0 Å². The minimum atomic E-state index is 0.603. The monoisotopic (exact) mass is 171 g/mol. The van der Waals surface area contributed by atoms with Crippen molar-refractivity contribution in [3.8, 4) is 0 Å². The molecule has 0 saturated carbocycles. The van der Waals surface area contributed by atoms with Crippen LogP contribution in [0.5, 0.6) is 0 Å². The summed E-state index contributed by atoms with van der Waals surface area (Å²) in [6.45, 7) is 13.6. The Balaban J connectivity index is 4.03. The Morgan fingerprint density at radius 1 is 1.00 bits per heavy atom. The third-order valence-electron chi connectivity index (χ3n) is 2.50. The van der Waals surface area contributed by atoms with Crippen molar-refractivity contribution in [2.45, 2.75) is 60.0 Å². The van der Waals surface area contributed by atoms with Gasteiger partial charge in [-0.2, -0.15) is 0 Å². The van der Waals surface area contributed by atoms with Crippen LogP contribution >= 0.6 is 0 Å². The first-order chi connectivity index (χ1) is 5.49. The van der Waals surface area contributed by atoms with Gasteiger partial charge in [0.15, 0.2) is 0 Å². The molecule has 0 amide bonds. The van der Waals surface area contributed by atoms with E-state index in [-0.39, 0.29) is 0 Å². The van der Waals surface area contributed by atoms with E-state index in [1.165, 1.54) is 6.42 Å². The first-order valence-electron chi connectivity index (χ1n) is 5.25.